The lowest BCUT2D eigenvalue weighted by Crippen LogP contribution is -2.42. The van der Waals surface area contributed by atoms with Gasteiger partial charge in [0.2, 0.25) is 5.91 Å². The van der Waals surface area contributed by atoms with Crippen LogP contribution >= 0.6 is 0 Å². The summed E-state index contributed by atoms with van der Waals surface area (Å²) >= 11 is 0. The Morgan fingerprint density at radius 2 is 1.81 bits per heavy atom. The second-order valence-corrected chi connectivity index (χ2v) is 6.70. The normalized spacial score (nSPS) is 13.0. The van der Waals surface area contributed by atoms with E-state index in [1.165, 1.54) is 6.92 Å². The van der Waals surface area contributed by atoms with Crippen LogP contribution in [0.1, 0.15) is 36.5 Å². The number of alkyl halides is 1. The Hall–Kier alpha value is -2.76. The summed E-state index contributed by atoms with van der Waals surface area (Å²) in [6.45, 7) is 4.20. The molecular formula is C21H25FN2O3. The molecule has 0 aliphatic carbocycles. The van der Waals surface area contributed by atoms with Gasteiger partial charge in [0.05, 0.1) is 12.0 Å². The maximum atomic E-state index is 12.9. The molecule has 1 amide bonds. The van der Waals surface area contributed by atoms with E-state index in [0.717, 1.165) is 5.56 Å². The third-order valence-corrected chi connectivity index (χ3v) is 4.70. The first-order valence-electron chi connectivity index (χ1n) is 8.98. The molecule has 1 aromatic heterocycles. The molecule has 0 radical (unpaired) electrons. The highest BCUT2D eigenvalue weighted by Gasteiger charge is 2.24. The molecule has 1 heterocycles. The number of carbonyl (C=O) groups is 2. The van der Waals surface area contributed by atoms with Crippen molar-refractivity contribution in [2.24, 2.45) is 0 Å². The summed E-state index contributed by atoms with van der Waals surface area (Å²) < 4.78 is 14.1. The molecule has 2 atom stereocenters. The number of nitrogens with one attached hydrogen (secondary N) is 1. The van der Waals surface area contributed by atoms with Gasteiger partial charge in [-0.05, 0) is 44.4 Å². The van der Waals surface area contributed by atoms with E-state index in [2.05, 4.69) is 5.32 Å². The number of benzene rings is 1. The average molecular weight is 372 g/mol. The molecule has 1 N–H and O–H groups in total. The summed E-state index contributed by atoms with van der Waals surface area (Å²) in [5.74, 6) is -1.90. The molecule has 5 nitrogen and oxygen atoms in total. The van der Waals surface area contributed by atoms with Crippen molar-refractivity contribution >= 4 is 11.7 Å². The van der Waals surface area contributed by atoms with Crippen LogP contribution < -0.4 is 10.9 Å². The van der Waals surface area contributed by atoms with Gasteiger partial charge in [0, 0.05) is 18.3 Å². The topological polar surface area (TPSA) is 68.2 Å². The summed E-state index contributed by atoms with van der Waals surface area (Å²) in [5.41, 5.74) is 2.00. The van der Waals surface area contributed by atoms with Gasteiger partial charge in [-0.3, -0.25) is 14.4 Å². The van der Waals surface area contributed by atoms with E-state index in [1.54, 1.807) is 24.6 Å². The third kappa shape index (κ3) is 5.12. The van der Waals surface area contributed by atoms with Gasteiger partial charge in [-0.1, -0.05) is 30.3 Å². The van der Waals surface area contributed by atoms with Gasteiger partial charge in [0.1, 0.15) is 6.67 Å². The zero-order valence-corrected chi connectivity index (χ0v) is 15.9. The minimum atomic E-state index is -1.13. The lowest BCUT2D eigenvalue weighted by atomic mass is 9.96. The maximum Gasteiger partial charge on any atom is 0.254 e. The quantitative estimate of drug-likeness (QED) is 0.774. The van der Waals surface area contributed by atoms with Gasteiger partial charge in [-0.2, -0.15) is 0 Å². The number of nitrogens with zero attached hydrogens (tertiary/aromatic N) is 1. The largest absolute Gasteiger partial charge is 0.346 e. The first kappa shape index (κ1) is 20.6. The molecule has 2 rings (SSSR count). The number of hydrogen-bond donors (Lipinski definition) is 1. The molecule has 2 unspecified atom stereocenters. The van der Waals surface area contributed by atoms with Crippen LogP contribution in [0.5, 0.6) is 0 Å². The van der Waals surface area contributed by atoms with Gasteiger partial charge in [-0.15, -0.1) is 0 Å². The number of Topliss-reactive ketones (excluding diaryl/α,β-unsaturated/α-hetero) is 1. The van der Waals surface area contributed by atoms with Crippen molar-refractivity contribution in [2.45, 2.75) is 45.7 Å². The first-order chi connectivity index (χ1) is 12.8. The van der Waals surface area contributed by atoms with E-state index in [0.29, 0.717) is 24.1 Å². The van der Waals surface area contributed by atoms with E-state index in [9.17, 15) is 18.8 Å². The zero-order chi connectivity index (χ0) is 20.0. The Morgan fingerprint density at radius 1 is 1.15 bits per heavy atom. The minimum Gasteiger partial charge on any atom is -0.346 e. The second kappa shape index (κ2) is 9.26. The van der Waals surface area contributed by atoms with Crippen molar-refractivity contribution < 1.29 is 14.0 Å². The van der Waals surface area contributed by atoms with E-state index in [4.69, 9.17) is 0 Å². The molecule has 0 spiro atoms. The van der Waals surface area contributed by atoms with Gasteiger partial charge in [-0.25, -0.2) is 4.39 Å². The number of aromatic nitrogens is 1. The number of rotatable bonds is 8. The Labute approximate surface area is 158 Å². The fourth-order valence-electron chi connectivity index (χ4n) is 2.95. The highest BCUT2D eigenvalue weighted by atomic mass is 19.1. The van der Waals surface area contributed by atoms with Crippen molar-refractivity contribution in [1.29, 1.82) is 0 Å². The van der Waals surface area contributed by atoms with Crippen molar-refractivity contribution in [3.8, 4) is 0 Å². The summed E-state index contributed by atoms with van der Waals surface area (Å²) in [6, 6.07) is 10.7. The second-order valence-electron chi connectivity index (χ2n) is 6.70. The Morgan fingerprint density at radius 3 is 2.44 bits per heavy atom. The number of aryl methyl sites for hydroxylation is 3. The lowest BCUT2D eigenvalue weighted by molar-refractivity contribution is -0.128. The van der Waals surface area contributed by atoms with Gasteiger partial charge >= 0.3 is 0 Å². The molecule has 0 saturated carbocycles. The molecule has 0 saturated heterocycles. The van der Waals surface area contributed by atoms with Crippen LogP contribution in [-0.4, -0.2) is 29.0 Å². The summed E-state index contributed by atoms with van der Waals surface area (Å²) in [6.07, 6.45) is 2.43. The van der Waals surface area contributed by atoms with E-state index < -0.39 is 30.3 Å². The third-order valence-electron chi connectivity index (χ3n) is 4.70. The molecule has 27 heavy (non-hydrogen) atoms. The Bertz CT molecular complexity index is 861. The van der Waals surface area contributed by atoms with Crippen LogP contribution in [0.2, 0.25) is 0 Å². The molecule has 0 aliphatic rings. The molecule has 0 aliphatic heterocycles. The summed E-state index contributed by atoms with van der Waals surface area (Å²) in [7, 11) is 0. The van der Waals surface area contributed by atoms with E-state index in [-0.39, 0.29) is 5.56 Å². The van der Waals surface area contributed by atoms with Crippen molar-refractivity contribution in [1.82, 2.24) is 9.88 Å². The van der Waals surface area contributed by atoms with Crippen LogP contribution in [-0.2, 0) is 22.6 Å². The standard InChI is InChI=1S/C21H25FN2O3/c1-14-9-11-24(12-10-17-7-5-4-6-8-17)21(27)19(14)15(2)20(26)23-16(3)18(25)13-22/h4-9,11,15-16H,10,12-13H2,1-3H3,(H,23,26). The van der Waals surface area contributed by atoms with Gasteiger partial charge in [0.25, 0.3) is 5.56 Å². The van der Waals surface area contributed by atoms with Crippen LogP contribution in [0.4, 0.5) is 4.39 Å². The van der Waals surface area contributed by atoms with Crippen LogP contribution in [0.25, 0.3) is 0 Å². The fourth-order valence-corrected chi connectivity index (χ4v) is 2.95. The smallest absolute Gasteiger partial charge is 0.254 e. The van der Waals surface area contributed by atoms with Crippen LogP contribution in [0.3, 0.4) is 0 Å². The molecule has 144 valence electrons. The van der Waals surface area contributed by atoms with Crippen molar-refractivity contribution in [2.75, 3.05) is 6.67 Å². The van der Waals surface area contributed by atoms with Gasteiger partial charge < -0.3 is 9.88 Å². The van der Waals surface area contributed by atoms with E-state index >= 15 is 0 Å². The molecule has 0 bridgehead atoms. The van der Waals surface area contributed by atoms with Crippen LogP contribution in [0, 0.1) is 6.92 Å². The number of pyridine rings is 1. The Kier molecular flexibility index (Phi) is 7.05. The van der Waals surface area contributed by atoms with Crippen molar-refractivity contribution in [3.63, 3.8) is 0 Å². The van der Waals surface area contributed by atoms with Crippen LogP contribution in [0.15, 0.2) is 47.4 Å². The number of halogens is 1. The highest BCUT2D eigenvalue weighted by molar-refractivity contribution is 5.91. The number of amides is 1. The SMILES string of the molecule is Cc1ccn(CCc2ccccc2)c(=O)c1C(C)C(=O)NC(C)C(=O)CF. The number of hydrogen-bond acceptors (Lipinski definition) is 3. The highest BCUT2D eigenvalue weighted by Crippen LogP contribution is 2.16. The predicted molar refractivity (Wildman–Crippen MR) is 103 cm³/mol. The van der Waals surface area contributed by atoms with E-state index in [1.807, 2.05) is 36.4 Å². The predicted octanol–water partition coefficient (Wildman–Crippen LogP) is 2.55. The summed E-state index contributed by atoms with van der Waals surface area (Å²) in [4.78, 5) is 36.7. The first-order valence-corrected chi connectivity index (χ1v) is 8.98. The van der Waals surface area contributed by atoms with Gasteiger partial charge in [0.15, 0.2) is 5.78 Å². The number of ketones is 1. The summed E-state index contributed by atoms with van der Waals surface area (Å²) in [5, 5.41) is 2.48. The van der Waals surface area contributed by atoms with Crippen molar-refractivity contribution in [3.05, 3.63) is 69.6 Å². The molecule has 6 heteroatoms. The monoisotopic (exact) mass is 372 g/mol. The zero-order valence-electron chi connectivity index (χ0n) is 15.9. The Balaban J connectivity index is 2.19. The lowest BCUT2D eigenvalue weighted by Gasteiger charge is -2.18. The average Bonchev–Trinajstić information content (AvgIpc) is 2.67. The minimum absolute atomic E-state index is 0.224. The maximum absolute atomic E-state index is 12.9. The molecule has 0 fully saturated rings. The molecule has 2 aromatic rings. The fraction of sp³-hybridized carbons (Fsp3) is 0.381. The molecular weight excluding hydrogens is 347 g/mol. The molecule has 1 aromatic carbocycles. The number of carbonyl (C=O) groups excluding carboxylic acids is 2.